The summed E-state index contributed by atoms with van der Waals surface area (Å²) >= 11 is 0. The van der Waals surface area contributed by atoms with Crippen molar-refractivity contribution >= 4 is 5.91 Å². The molecule has 0 aromatic carbocycles. The molecule has 120 valence electrons. The number of amides is 1. The quantitative estimate of drug-likeness (QED) is 0.402. The molecule has 5 N–H and O–H groups in total. The van der Waals surface area contributed by atoms with Crippen molar-refractivity contribution in [3.63, 3.8) is 0 Å². The summed E-state index contributed by atoms with van der Waals surface area (Å²) in [6, 6.07) is -0.426. The van der Waals surface area contributed by atoms with Gasteiger partial charge >= 0.3 is 0 Å². The Hall–Kier alpha value is -0.690. The third kappa shape index (κ3) is 12.3. The molecule has 20 heavy (non-hydrogen) atoms. The number of hydrogen-bond donors (Lipinski definition) is 3. The molecule has 0 spiro atoms. The van der Waals surface area contributed by atoms with Crippen LogP contribution < -0.4 is 16.8 Å². The summed E-state index contributed by atoms with van der Waals surface area (Å²) in [6.07, 6.45) is 4.31. The van der Waals surface area contributed by atoms with Gasteiger partial charge in [-0.25, -0.2) is 0 Å². The largest absolute Gasteiger partial charge is 0.379 e. The van der Waals surface area contributed by atoms with Crippen molar-refractivity contribution in [2.24, 2.45) is 11.5 Å². The lowest BCUT2D eigenvalue weighted by molar-refractivity contribution is -0.122. The number of rotatable bonds is 14. The highest BCUT2D eigenvalue weighted by atomic mass is 16.5. The van der Waals surface area contributed by atoms with Crippen molar-refractivity contribution in [2.45, 2.75) is 45.1 Å². The van der Waals surface area contributed by atoms with Gasteiger partial charge in [0.25, 0.3) is 0 Å². The molecule has 1 amide bonds. The van der Waals surface area contributed by atoms with E-state index < -0.39 is 6.04 Å². The van der Waals surface area contributed by atoms with Gasteiger partial charge in [0.2, 0.25) is 5.91 Å². The SMILES string of the molecule is CCCOCCOCCCNC(=O)[C@@H](N)CCCCN. The fraction of sp³-hybridized carbons (Fsp3) is 0.929. The number of nitrogens with one attached hydrogen (secondary N) is 1. The number of hydrogen-bond acceptors (Lipinski definition) is 5. The number of ether oxygens (including phenoxy) is 2. The van der Waals surface area contributed by atoms with Gasteiger partial charge in [0.05, 0.1) is 19.3 Å². The predicted molar refractivity (Wildman–Crippen MR) is 80.4 cm³/mol. The Kier molecular flexibility index (Phi) is 14.2. The van der Waals surface area contributed by atoms with Crippen molar-refractivity contribution in [1.82, 2.24) is 5.32 Å². The molecule has 0 radical (unpaired) electrons. The number of unbranched alkanes of at least 4 members (excludes halogenated alkanes) is 1. The molecular formula is C14H31N3O3. The summed E-state index contributed by atoms with van der Waals surface area (Å²) in [5.74, 6) is -0.0895. The van der Waals surface area contributed by atoms with E-state index in [0.29, 0.717) is 39.3 Å². The lowest BCUT2D eigenvalue weighted by Gasteiger charge is -2.12. The van der Waals surface area contributed by atoms with E-state index in [-0.39, 0.29) is 5.91 Å². The molecule has 0 saturated heterocycles. The van der Waals surface area contributed by atoms with Crippen LogP contribution in [0, 0.1) is 0 Å². The summed E-state index contributed by atoms with van der Waals surface area (Å²) in [5, 5.41) is 2.81. The molecule has 0 bridgehead atoms. The molecule has 0 aromatic heterocycles. The van der Waals surface area contributed by atoms with Gasteiger partial charge in [0.1, 0.15) is 0 Å². The van der Waals surface area contributed by atoms with Crippen LogP contribution in [-0.4, -0.2) is 51.5 Å². The maximum atomic E-state index is 11.6. The van der Waals surface area contributed by atoms with Crippen molar-refractivity contribution in [1.29, 1.82) is 0 Å². The van der Waals surface area contributed by atoms with Crippen LogP contribution in [0.15, 0.2) is 0 Å². The van der Waals surface area contributed by atoms with Gasteiger partial charge in [-0.15, -0.1) is 0 Å². The van der Waals surface area contributed by atoms with Crippen LogP contribution in [0.5, 0.6) is 0 Å². The molecular weight excluding hydrogens is 258 g/mol. The normalized spacial score (nSPS) is 12.3. The Morgan fingerprint density at radius 3 is 2.45 bits per heavy atom. The lowest BCUT2D eigenvalue weighted by Crippen LogP contribution is -2.41. The molecule has 1 atom stereocenters. The van der Waals surface area contributed by atoms with Gasteiger partial charge in [-0.05, 0) is 32.2 Å². The van der Waals surface area contributed by atoms with E-state index in [0.717, 1.165) is 32.3 Å². The third-order valence-electron chi connectivity index (χ3n) is 2.79. The first-order valence-corrected chi connectivity index (χ1v) is 7.61. The Balaban J connectivity index is 3.30. The lowest BCUT2D eigenvalue weighted by atomic mass is 10.1. The topological polar surface area (TPSA) is 99.6 Å². The second-order valence-electron chi connectivity index (χ2n) is 4.76. The molecule has 0 rings (SSSR count). The molecule has 0 saturated carbocycles. The zero-order valence-corrected chi connectivity index (χ0v) is 12.7. The molecule has 0 aliphatic heterocycles. The second kappa shape index (κ2) is 14.7. The zero-order valence-electron chi connectivity index (χ0n) is 12.7. The average molecular weight is 289 g/mol. The van der Waals surface area contributed by atoms with Crippen molar-refractivity contribution in [3.8, 4) is 0 Å². The van der Waals surface area contributed by atoms with Gasteiger partial charge in [-0.3, -0.25) is 4.79 Å². The summed E-state index contributed by atoms with van der Waals surface area (Å²) < 4.78 is 10.7. The van der Waals surface area contributed by atoms with Crippen molar-refractivity contribution in [2.75, 3.05) is 39.5 Å². The highest BCUT2D eigenvalue weighted by molar-refractivity contribution is 5.81. The van der Waals surface area contributed by atoms with Gasteiger partial charge in [-0.2, -0.15) is 0 Å². The Bertz CT molecular complexity index is 228. The minimum atomic E-state index is -0.426. The van der Waals surface area contributed by atoms with E-state index in [1.54, 1.807) is 0 Å². The van der Waals surface area contributed by atoms with E-state index >= 15 is 0 Å². The first kappa shape index (κ1) is 19.3. The minimum absolute atomic E-state index is 0.0895. The zero-order chi connectivity index (χ0) is 15.1. The molecule has 0 aliphatic carbocycles. The summed E-state index contributed by atoms with van der Waals surface area (Å²) in [6.45, 7) is 5.95. The molecule has 0 aromatic rings. The Morgan fingerprint density at radius 2 is 1.80 bits per heavy atom. The van der Waals surface area contributed by atoms with Gasteiger partial charge in [0, 0.05) is 19.8 Å². The smallest absolute Gasteiger partial charge is 0.236 e. The summed E-state index contributed by atoms with van der Waals surface area (Å²) in [5.41, 5.74) is 11.2. The highest BCUT2D eigenvalue weighted by Gasteiger charge is 2.11. The van der Waals surface area contributed by atoms with Gasteiger partial charge < -0.3 is 26.3 Å². The van der Waals surface area contributed by atoms with Gasteiger partial charge in [-0.1, -0.05) is 13.3 Å². The first-order valence-electron chi connectivity index (χ1n) is 7.61. The predicted octanol–water partition coefficient (Wildman–Crippen LogP) is 0.392. The number of nitrogens with two attached hydrogens (primary N) is 2. The fourth-order valence-electron chi connectivity index (χ4n) is 1.62. The van der Waals surface area contributed by atoms with Crippen LogP contribution in [0.1, 0.15) is 39.0 Å². The standard InChI is InChI=1S/C14H31N3O3/c1-2-9-19-11-12-20-10-5-8-17-14(18)13(16)6-3-4-7-15/h13H,2-12,15-16H2,1H3,(H,17,18)/t13-/m0/s1. The van der Waals surface area contributed by atoms with E-state index in [4.69, 9.17) is 20.9 Å². The first-order chi connectivity index (χ1) is 9.72. The summed E-state index contributed by atoms with van der Waals surface area (Å²) in [4.78, 5) is 11.6. The van der Waals surface area contributed by atoms with Crippen LogP contribution in [0.25, 0.3) is 0 Å². The van der Waals surface area contributed by atoms with E-state index in [1.165, 1.54) is 0 Å². The van der Waals surface area contributed by atoms with Crippen LogP contribution in [-0.2, 0) is 14.3 Å². The fourth-order valence-corrected chi connectivity index (χ4v) is 1.62. The van der Waals surface area contributed by atoms with E-state index in [2.05, 4.69) is 12.2 Å². The molecule has 0 heterocycles. The van der Waals surface area contributed by atoms with Crippen molar-refractivity contribution < 1.29 is 14.3 Å². The Morgan fingerprint density at radius 1 is 1.10 bits per heavy atom. The van der Waals surface area contributed by atoms with Gasteiger partial charge in [0.15, 0.2) is 0 Å². The minimum Gasteiger partial charge on any atom is -0.379 e. The summed E-state index contributed by atoms with van der Waals surface area (Å²) in [7, 11) is 0. The monoisotopic (exact) mass is 289 g/mol. The van der Waals surface area contributed by atoms with Crippen LogP contribution in [0.2, 0.25) is 0 Å². The second-order valence-corrected chi connectivity index (χ2v) is 4.76. The Labute approximate surface area is 122 Å². The van der Waals surface area contributed by atoms with Crippen LogP contribution in [0.3, 0.4) is 0 Å². The molecule has 6 nitrogen and oxygen atoms in total. The molecule has 0 unspecified atom stereocenters. The number of carbonyl (C=O) groups is 1. The maximum absolute atomic E-state index is 11.6. The third-order valence-corrected chi connectivity index (χ3v) is 2.79. The van der Waals surface area contributed by atoms with E-state index in [1.807, 2.05) is 0 Å². The maximum Gasteiger partial charge on any atom is 0.236 e. The highest BCUT2D eigenvalue weighted by Crippen LogP contribution is 1.97. The number of carbonyl (C=O) groups excluding carboxylic acids is 1. The van der Waals surface area contributed by atoms with E-state index in [9.17, 15) is 4.79 Å². The molecule has 6 heteroatoms. The van der Waals surface area contributed by atoms with Crippen LogP contribution >= 0.6 is 0 Å². The van der Waals surface area contributed by atoms with Crippen LogP contribution in [0.4, 0.5) is 0 Å². The molecule has 0 aliphatic rings. The average Bonchev–Trinajstić information content (AvgIpc) is 2.45. The molecule has 0 fully saturated rings. The van der Waals surface area contributed by atoms with Crippen molar-refractivity contribution in [3.05, 3.63) is 0 Å².